The molecular weight excluding hydrogens is 454 g/mol. The van der Waals surface area contributed by atoms with E-state index in [4.69, 9.17) is 9.47 Å². The molecule has 2 aliphatic heterocycles. The van der Waals surface area contributed by atoms with Crippen LogP contribution in [-0.2, 0) is 29.0 Å². The zero-order chi connectivity index (χ0) is 24.7. The molecule has 0 aliphatic carbocycles. The average molecular weight is 490 g/mol. The Bertz CT molecular complexity index is 1180. The molecule has 0 spiro atoms. The zero-order valence-electron chi connectivity index (χ0n) is 20.8. The minimum absolute atomic E-state index is 0.0108. The van der Waals surface area contributed by atoms with Gasteiger partial charge in [0.15, 0.2) is 11.5 Å². The van der Waals surface area contributed by atoms with E-state index in [2.05, 4.69) is 51.2 Å². The third-order valence-electron chi connectivity index (χ3n) is 7.12. The highest BCUT2D eigenvalue weighted by Gasteiger charge is 2.20. The monoisotopic (exact) mass is 489 g/mol. The molecule has 7 nitrogen and oxygen atoms in total. The number of aliphatic hydroxyl groups excluding tert-OH is 1. The number of nitrogens with zero attached hydrogens (tertiary/aromatic N) is 3. The summed E-state index contributed by atoms with van der Waals surface area (Å²) in [4.78, 5) is 21.9. The molecule has 190 valence electrons. The first-order chi connectivity index (χ1) is 17.7. The summed E-state index contributed by atoms with van der Waals surface area (Å²) < 4.78 is 11.6. The quantitative estimate of drug-likeness (QED) is 0.469. The molecule has 0 radical (unpaired) electrons. The first-order valence-corrected chi connectivity index (χ1v) is 12.9. The maximum Gasteiger partial charge on any atom is 0.170 e. The number of pyridine rings is 1. The Morgan fingerprint density at radius 2 is 1.86 bits per heavy atom. The maximum absolute atomic E-state index is 12.7. The van der Waals surface area contributed by atoms with Gasteiger partial charge < -0.3 is 14.6 Å². The van der Waals surface area contributed by atoms with Crippen molar-refractivity contribution in [1.29, 1.82) is 0 Å². The first kappa shape index (κ1) is 24.8. The Hall–Kier alpha value is -2.84. The fraction of sp³-hybridized carbons (Fsp3) is 0.448. The number of carbonyl (C=O) groups is 1. The van der Waals surface area contributed by atoms with Gasteiger partial charge in [0.2, 0.25) is 0 Å². The van der Waals surface area contributed by atoms with Gasteiger partial charge >= 0.3 is 0 Å². The molecule has 1 saturated heterocycles. The standard InChI is InChI=1S/C29H35N3O4/c33-26(20-32-13-11-22-4-1-2-5-24(22)18-32)9-10-27(34)21-36-29-25(19-31-14-16-35-17-15-31)8-7-23-6-3-12-30-28(23)29/h1-8,12,26,33H,9-11,13-21H2/t26-/m0/s1. The van der Waals surface area contributed by atoms with Gasteiger partial charge in [0.1, 0.15) is 12.1 Å². The summed E-state index contributed by atoms with van der Waals surface area (Å²) >= 11 is 0. The average Bonchev–Trinajstić information content (AvgIpc) is 2.91. The van der Waals surface area contributed by atoms with Crippen molar-refractivity contribution in [2.45, 2.75) is 38.5 Å². The third-order valence-corrected chi connectivity index (χ3v) is 7.12. The molecule has 5 rings (SSSR count). The second-order valence-corrected chi connectivity index (χ2v) is 9.79. The van der Waals surface area contributed by atoms with E-state index in [0.29, 0.717) is 25.1 Å². The Kier molecular flexibility index (Phi) is 8.23. The van der Waals surface area contributed by atoms with Crippen LogP contribution in [0.5, 0.6) is 5.75 Å². The predicted molar refractivity (Wildman–Crippen MR) is 139 cm³/mol. The van der Waals surface area contributed by atoms with Crippen LogP contribution in [0.15, 0.2) is 54.7 Å². The van der Waals surface area contributed by atoms with Gasteiger partial charge in [0.25, 0.3) is 0 Å². The Balaban J connectivity index is 1.15. The summed E-state index contributed by atoms with van der Waals surface area (Å²) in [6.07, 6.45) is 2.96. The van der Waals surface area contributed by atoms with Gasteiger partial charge in [-0.25, -0.2) is 0 Å². The highest BCUT2D eigenvalue weighted by Crippen LogP contribution is 2.30. The lowest BCUT2D eigenvalue weighted by molar-refractivity contribution is -0.121. The molecule has 3 aromatic rings. The van der Waals surface area contributed by atoms with Crippen molar-refractivity contribution >= 4 is 16.7 Å². The Labute approximate surface area is 212 Å². The molecule has 0 amide bonds. The Morgan fingerprint density at radius 3 is 2.72 bits per heavy atom. The molecule has 36 heavy (non-hydrogen) atoms. The molecule has 1 N–H and O–H groups in total. The molecule has 0 unspecified atom stereocenters. The van der Waals surface area contributed by atoms with E-state index in [9.17, 15) is 9.90 Å². The van der Waals surface area contributed by atoms with E-state index in [-0.39, 0.29) is 12.4 Å². The van der Waals surface area contributed by atoms with Crippen molar-refractivity contribution in [3.63, 3.8) is 0 Å². The molecular formula is C29H35N3O4. The van der Waals surface area contributed by atoms with Gasteiger partial charge in [-0.05, 0) is 30.0 Å². The van der Waals surface area contributed by atoms with Crippen LogP contribution in [0.4, 0.5) is 0 Å². The molecule has 3 heterocycles. The van der Waals surface area contributed by atoms with Crippen LogP contribution < -0.4 is 4.74 Å². The topological polar surface area (TPSA) is 75.1 Å². The molecule has 1 fully saturated rings. The van der Waals surface area contributed by atoms with Gasteiger partial charge in [-0.1, -0.05) is 42.5 Å². The van der Waals surface area contributed by atoms with Crippen LogP contribution in [0, 0.1) is 0 Å². The van der Waals surface area contributed by atoms with Crippen LogP contribution in [0.2, 0.25) is 0 Å². The lowest BCUT2D eigenvalue weighted by Gasteiger charge is -2.30. The highest BCUT2D eigenvalue weighted by molar-refractivity contribution is 5.86. The smallest absolute Gasteiger partial charge is 0.170 e. The van der Waals surface area contributed by atoms with E-state index in [1.807, 2.05) is 12.1 Å². The number of aromatic nitrogens is 1. The number of aliphatic hydroxyl groups is 1. The van der Waals surface area contributed by atoms with Crippen molar-refractivity contribution in [2.75, 3.05) is 46.0 Å². The number of hydrogen-bond acceptors (Lipinski definition) is 7. The minimum Gasteiger partial charge on any atom is -0.483 e. The fourth-order valence-electron chi connectivity index (χ4n) is 5.10. The lowest BCUT2D eigenvalue weighted by Crippen LogP contribution is -2.36. The van der Waals surface area contributed by atoms with E-state index in [1.54, 1.807) is 6.20 Å². The third kappa shape index (κ3) is 6.28. The van der Waals surface area contributed by atoms with Gasteiger partial charge in [0, 0.05) is 62.8 Å². The van der Waals surface area contributed by atoms with E-state index >= 15 is 0 Å². The van der Waals surface area contributed by atoms with Crippen LogP contribution in [0.1, 0.15) is 29.5 Å². The number of β-amino-alcohol motifs (C(OH)–C–C–N with tert-alkyl or cyclic N) is 1. The molecule has 2 aliphatic rings. The number of rotatable bonds is 10. The van der Waals surface area contributed by atoms with Crippen molar-refractivity contribution in [3.8, 4) is 5.75 Å². The van der Waals surface area contributed by atoms with Gasteiger partial charge in [-0.2, -0.15) is 0 Å². The summed E-state index contributed by atoms with van der Waals surface area (Å²) in [6, 6.07) is 16.5. The Morgan fingerprint density at radius 1 is 1.03 bits per heavy atom. The molecule has 0 bridgehead atoms. The summed E-state index contributed by atoms with van der Waals surface area (Å²) in [5.74, 6) is 0.670. The highest BCUT2D eigenvalue weighted by atomic mass is 16.5. The summed E-state index contributed by atoms with van der Waals surface area (Å²) in [7, 11) is 0. The number of morpholine rings is 1. The number of benzene rings is 2. The number of ketones is 1. The van der Waals surface area contributed by atoms with Crippen LogP contribution in [-0.4, -0.2) is 77.8 Å². The van der Waals surface area contributed by atoms with Crippen molar-refractivity contribution < 1.29 is 19.4 Å². The second-order valence-electron chi connectivity index (χ2n) is 9.79. The van der Waals surface area contributed by atoms with E-state index < -0.39 is 6.10 Å². The first-order valence-electron chi connectivity index (χ1n) is 12.9. The minimum atomic E-state index is -0.532. The molecule has 2 aromatic carbocycles. The fourth-order valence-corrected chi connectivity index (χ4v) is 5.10. The van der Waals surface area contributed by atoms with Crippen molar-refractivity contribution in [2.24, 2.45) is 0 Å². The van der Waals surface area contributed by atoms with E-state index in [1.165, 1.54) is 11.1 Å². The van der Waals surface area contributed by atoms with E-state index in [0.717, 1.165) is 68.8 Å². The summed E-state index contributed by atoms with van der Waals surface area (Å²) in [5, 5.41) is 11.6. The molecule has 1 aromatic heterocycles. The molecule has 1 atom stereocenters. The number of hydrogen-bond donors (Lipinski definition) is 1. The number of fused-ring (bicyclic) bond motifs is 2. The van der Waals surface area contributed by atoms with Crippen LogP contribution in [0.3, 0.4) is 0 Å². The summed E-state index contributed by atoms with van der Waals surface area (Å²) in [6.45, 7) is 6.29. The number of carbonyl (C=O) groups excluding carboxylic acids is 1. The van der Waals surface area contributed by atoms with Crippen molar-refractivity contribution in [1.82, 2.24) is 14.8 Å². The SMILES string of the molecule is O=C(CC[C@H](O)CN1CCc2ccccc2C1)COc1c(CN2CCOCC2)ccc2cccnc12. The van der Waals surface area contributed by atoms with Gasteiger partial charge in [0.05, 0.1) is 19.3 Å². The second kappa shape index (κ2) is 11.9. The van der Waals surface area contributed by atoms with Gasteiger partial charge in [-0.3, -0.25) is 19.6 Å². The van der Waals surface area contributed by atoms with Crippen molar-refractivity contribution in [3.05, 3.63) is 71.4 Å². The van der Waals surface area contributed by atoms with Crippen LogP contribution >= 0.6 is 0 Å². The zero-order valence-corrected chi connectivity index (χ0v) is 20.8. The van der Waals surface area contributed by atoms with Crippen LogP contribution in [0.25, 0.3) is 10.9 Å². The normalized spacial score (nSPS) is 17.6. The van der Waals surface area contributed by atoms with Gasteiger partial charge in [-0.15, -0.1) is 0 Å². The largest absolute Gasteiger partial charge is 0.483 e. The molecule has 0 saturated carbocycles. The predicted octanol–water partition coefficient (Wildman–Crippen LogP) is 3.21. The maximum atomic E-state index is 12.7. The lowest BCUT2D eigenvalue weighted by atomic mass is 9.99. The summed E-state index contributed by atoms with van der Waals surface area (Å²) in [5.41, 5.74) is 4.53. The number of Topliss-reactive ketones (excluding diaryl/α,β-unsaturated/α-hetero) is 1. The number of ether oxygens (including phenoxy) is 2. The molecule has 7 heteroatoms.